The van der Waals surface area contributed by atoms with Gasteiger partial charge in [-0.3, -0.25) is 0 Å². The molecular formula is C10H11N3O4S2. The molecule has 19 heavy (non-hydrogen) atoms. The first-order valence-electron chi connectivity index (χ1n) is 5.18. The van der Waals surface area contributed by atoms with E-state index >= 15 is 0 Å². The molecule has 0 fully saturated rings. The molecule has 0 spiro atoms. The lowest BCUT2D eigenvalue weighted by molar-refractivity contribution is 0.0697. The van der Waals surface area contributed by atoms with E-state index < -0.39 is 16.0 Å². The van der Waals surface area contributed by atoms with Crippen molar-refractivity contribution in [3.63, 3.8) is 0 Å². The van der Waals surface area contributed by atoms with E-state index in [9.17, 15) is 13.2 Å². The zero-order chi connectivity index (χ0) is 14.0. The van der Waals surface area contributed by atoms with Crippen LogP contribution >= 0.6 is 11.3 Å². The van der Waals surface area contributed by atoms with Crippen LogP contribution in [0, 0.1) is 0 Å². The Morgan fingerprint density at radius 3 is 2.84 bits per heavy atom. The maximum Gasteiger partial charge on any atom is 0.336 e. The monoisotopic (exact) mass is 301 g/mol. The van der Waals surface area contributed by atoms with Gasteiger partial charge in [0.2, 0.25) is 10.0 Å². The van der Waals surface area contributed by atoms with Gasteiger partial charge in [-0.2, -0.15) is 0 Å². The van der Waals surface area contributed by atoms with Gasteiger partial charge in [0.05, 0.1) is 12.1 Å². The van der Waals surface area contributed by atoms with Crippen LogP contribution in [0.4, 0.5) is 0 Å². The number of carboxylic acids is 1. The summed E-state index contributed by atoms with van der Waals surface area (Å²) in [7, 11) is -1.96. The number of rotatable bonds is 5. The third-order valence-corrected chi connectivity index (χ3v) is 5.27. The summed E-state index contributed by atoms with van der Waals surface area (Å²) in [5, 5.41) is 10.0. The van der Waals surface area contributed by atoms with Crippen LogP contribution < -0.4 is 4.72 Å². The minimum atomic E-state index is -3.71. The number of nitrogens with one attached hydrogen (secondary N) is 1. The molecule has 0 radical (unpaired) electrons. The normalized spacial score (nSPS) is 11.6. The SMILES string of the molecule is Cn1ccnc1CNS(=O)(=O)c1cc(C(=O)O)cs1. The average Bonchev–Trinajstić information content (AvgIpc) is 2.95. The van der Waals surface area contributed by atoms with E-state index in [-0.39, 0.29) is 16.3 Å². The first-order chi connectivity index (χ1) is 8.90. The minimum absolute atomic E-state index is 0.0286. The van der Waals surface area contributed by atoms with Crippen LogP contribution in [0.1, 0.15) is 16.2 Å². The molecule has 2 aromatic heterocycles. The van der Waals surface area contributed by atoms with E-state index in [0.29, 0.717) is 5.82 Å². The van der Waals surface area contributed by atoms with Crippen molar-refractivity contribution in [2.24, 2.45) is 7.05 Å². The molecule has 0 saturated heterocycles. The van der Waals surface area contributed by atoms with Crippen molar-refractivity contribution in [2.45, 2.75) is 10.8 Å². The highest BCUT2D eigenvalue weighted by molar-refractivity contribution is 7.91. The molecular weight excluding hydrogens is 290 g/mol. The lowest BCUT2D eigenvalue weighted by atomic mass is 10.4. The molecule has 2 aromatic rings. The van der Waals surface area contributed by atoms with Gasteiger partial charge >= 0.3 is 5.97 Å². The quantitative estimate of drug-likeness (QED) is 0.844. The molecule has 0 aliphatic heterocycles. The van der Waals surface area contributed by atoms with Crippen molar-refractivity contribution in [3.8, 4) is 0 Å². The number of hydrogen-bond donors (Lipinski definition) is 2. The number of sulfonamides is 1. The van der Waals surface area contributed by atoms with Gasteiger partial charge in [-0.15, -0.1) is 11.3 Å². The Labute approximate surface area is 113 Å². The van der Waals surface area contributed by atoms with E-state index in [4.69, 9.17) is 5.11 Å². The second-order valence-electron chi connectivity index (χ2n) is 3.74. The summed E-state index contributed by atoms with van der Waals surface area (Å²) >= 11 is 0.868. The Balaban J connectivity index is 2.14. The van der Waals surface area contributed by atoms with E-state index in [1.165, 1.54) is 5.38 Å². The Bertz CT molecular complexity index is 702. The summed E-state index contributed by atoms with van der Waals surface area (Å²) in [5.74, 6) is -0.583. The van der Waals surface area contributed by atoms with Gasteiger partial charge in [0.25, 0.3) is 0 Å². The molecule has 0 unspecified atom stereocenters. The molecule has 0 aromatic carbocycles. The molecule has 0 amide bonds. The van der Waals surface area contributed by atoms with Crippen LogP contribution in [0.2, 0.25) is 0 Å². The van der Waals surface area contributed by atoms with E-state index in [2.05, 4.69) is 9.71 Å². The Hall–Kier alpha value is -1.71. The number of thiophene rings is 1. The molecule has 0 saturated carbocycles. The molecule has 7 nitrogen and oxygen atoms in total. The number of imidazole rings is 1. The topological polar surface area (TPSA) is 101 Å². The Kier molecular flexibility index (Phi) is 3.69. The molecule has 0 bridgehead atoms. The first-order valence-corrected chi connectivity index (χ1v) is 7.54. The van der Waals surface area contributed by atoms with Crippen LogP contribution in [0.25, 0.3) is 0 Å². The van der Waals surface area contributed by atoms with Gasteiger partial charge in [-0.05, 0) is 6.07 Å². The predicted molar refractivity (Wildman–Crippen MR) is 68.5 cm³/mol. The van der Waals surface area contributed by atoms with Gasteiger partial charge in [-0.25, -0.2) is 22.9 Å². The third kappa shape index (κ3) is 3.00. The summed E-state index contributed by atoms with van der Waals surface area (Å²) in [6, 6.07) is 1.13. The zero-order valence-electron chi connectivity index (χ0n) is 9.90. The van der Waals surface area contributed by atoms with Crippen LogP contribution in [-0.4, -0.2) is 29.0 Å². The van der Waals surface area contributed by atoms with E-state index in [0.717, 1.165) is 17.4 Å². The van der Waals surface area contributed by atoms with Crippen molar-refractivity contribution >= 4 is 27.3 Å². The highest BCUT2D eigenvalue weighted by atomic mass is 32.2. The molecule has 2 N–H and O–H groups in total. The Morgan fingerprint density at radius 2 is 2.32 bits per heavy atom. The second kappa shape index (κ2) is 5.11. The molecule has 9 heteroatoms. The average molecular weight is 301 g/mol. The number of nitrogens with zero attached hydrogens (tertiary/aromatic N) is 2. The highest BCUT2D eigenvalue weighted by Gasteiger charge is 2.19. The number of carboxylic acid groups (broad SMARTS) is 1. The highest BCUT2D eigenvalue weighted by Crippen LogP contribution is 2.20. The van der Waals surface area contributed by atoms with Crippen molar-refractivity contribution in [3.05, 3.63) is 35.2 Å². The lowest BCUT2D eigenvalue weighted by Gasteiger charge is -2.04. The van der Waals surface area contributed by atoms with Gasteiger partial charge in [0, 0.05) is 24.8 Å². The fourth-order valence-corrected chi connectivity index (χ4v) is 3.55. The summed E-state index contributed by atoms with van der Waals surface area (Å²) < 4.78 is 27.9. The van der Waals surface area contributed by atoms with Crippen LogP contribution in [-0.2, 0) is 23.6 Å². The maximum absolute atomic E-state index is 11.9. The molecule has 2 rings (SSSR count). The number of aryl methyl sites for hydroxylation is 1. The van der Waals surface area contributed by atoms with Gasteiger partial charge in [-0.1, -0.05) is 0 Å². The fraction of sp³-hybridized carbons (Fsp3) is 0.200. The summed E-state index contributed by atoms with van der Waals surface area (Å²) in [6.45, 7) is 0.0478. The van der Waals surface area contributed by atoms with E-state index in [1.54, 1.807) is 24.0 Å². The summed E-state index contributed by atoms with van der Waals surface area (Å²) in [6.07, 6.45) is 3.27. The van der Waals surface area contributed by atoms with Crippen LogP contribution in [0.15, 0.2) is 28.0 Å². The standard InChI is InChI=1S/C10H11N3O4S2/c1-13-3-2-11-8(13)5-12-19(16,17)9-4-7(6-18-9)10(14)15/h2-4,6,12H,5H2,1H3,(H,14,15). The molecule has 0 atom stereocenters. The number of aromatic nitrogens is 2. The van der Waals surface area contributed by atoms with Crippen LogP contribution in [0.5, 0.6) is 0 Å². The van der Waals surface area contributed by atoms with Gasteiger partial charge in [0.15, 0.2) is 0 Å². The maximum atomic E-state index is 11.9. The van der Waals surface area contributed by atoms with Crippen molar-refractivity contribution in [2.75, 3.05) is 0 Å². The molecule has 0 aliphatic rings. The summed E-state index contributed by atoms with van der Waals surface area (Å²) in [5.41, 5.74) is -0.0395. The number of carbonyl (C=O) groups is 1. The lowest BCUT2D eigenvalue weighted by Crippen LogP contribution is -2.24. The second-order valence-corrected chi connectivity index (χ2v) is 6.64. The fourth-order valence-electron chi connectivity index (χ4n) is 1.37. The first kappa shape index (κ1) is 13.7. The summed E-state index contributed by atoms with van der Waals surface area (Å²) in [4.78, 5) is 14.7. The largest absolute Gasteiger partial charge is 0.478 e. The predicted octanol–water partition coefficient (Wildman–Crippen LogP) is 0.658. The molecule has 0 aliphatic carbocycles. The zero-order valence-corrected chi connectivity index (χ0v) is 11.5. The van der Waals surface area contributed by atoms with Gasteiger partial charge < -0.3 is 9.67 Å². The van der Waals surface area contributed by atoms with Crippen molar-refractivity contribution in [1.82, 2.24) is 14.3 Å². The smallest absolute Gasteiger partial charge is 0.336 e. The van der Waals surface area contributed by atoms with Crippen molar-refractivity contribution < 1.29 is 18.3 Å². The minimum Gasteiger partial charge on any atom is -0.478 e. The number of hydrogen-bond acceptors (Lipinski definition) is 5. The van der Waals surface area contributed by atoms with Crippen LogP contribution in [0.3, 0.4) is 0 Å². The van der Waals surface area contributed by atoms with Crippen molar-refractivity contribution in [1.29, 1.82) is 0 Å². The van der Waals surface area contributed by atoms with E-state index in [1.807, 2.05) is 0 Å². The molecule has 2 heterocycles. The third-order valence-electron chi connectivity index (χ3n) is 2.43. The molecule has 102 valence electrons. The number of aromatic carboxylic acids is 1. The Morgan fingerprint density at radius 1 is 1.58 bits per heavy atom. The van der Waals surface area contributed by atoms with Gasteiger partial charge in [0.1, 0.15) is 10.0 Å².